The second-order valence-electron chi connectivity index (χ2n) is 5.43. The first kappa shape index (κ1) is 19.4. The molecule has 25 heavy (non-hydrogen) atoms. The van der Waals surface area contributed by atoms with E-state index in [2.05, 4.69) is 4.99 Å². The summed E-state index contributed by atoms with van der Waals surface area (Å²) in [5, 5.41) is 0. The van der Waals surface area contributed by atoms with E-state index >= 15 is 0 Å². The van der Waals surface area contributed by atoms with E-state index in [1.54, 1.807) is 32.4 Å². The zero-order valence-corrected chi connectivity index (χ0v) is 15.9. The maximum absolute atomic E-state index is 12.7. The molecule has 6 nitrogen and oxygen atoms in total. The molecule has 2 rings (SSSR count). The average molecular weight is 364 g/mol. The van der Waals surface area contributed by atoms with Gasteiger partial charge in [0.15, 0.2) is 4.80 Å². The molecule has 0 unspecified atom stereocenters. The molecule has 0 radical (unpaired) electrons. The van der Waals surface area contributed by atoms with Crippen molar-refractivity contribution in [2.45, 2.75) is 20.4 Å². The zero-order chi connectivity index (χ0) is 18.2. The van der Waals surface area contributed by atoms with Gasteiger partial charge in [-0.05, 0) is 26.0 Å². The molecule has 1 amide bonds. The van der Waals surface area contributed by atoms with E-state index in [1.807, 2.05) is 24.5 Å². The maximum Gasteiger partial charge on any atom is 0.283 e. The minimum atomic E-state index is -0.319. The smallest absolute Gasteiger partial charge is 0.283 e. The number of nitrogens with zero attached hydrogens (tertiary/aromatic N) is 2. The van der Waals surface area contributed by atoms with E-state index in [1.165, 1.54) is 11.3 Å². The molecule has 0 bridgehead atoms. The first-order valence-corrected chi connectivity index (χ1v) is 8.85. The quantitative estimate of drug-likeness (QED) is 0.676. The lowest BCUT2D eigenvalue weighted by Crippen LogP contribution is -2.21. The van der Waals surface area contributed by atoms with Crippen LogP contribution in [0.4, 0.5) is 0 Å². The molecule has 0 fully saturated rings. The van der Waals surface area contributed by atoms with Crippen molar-refractivity contribution in [3.63, 3.8) is 0 Å². The van der Waals surface area contributed by atoms with Gasteiger partial charge in [-0.3, -0.25) is 4.79 Å². The first-order valence-electron chi connectivity index (χ1n) is 8.04. The van der Waals surface area contributed by atoms with Crippen LogP contribution in [0.15, 0.2) is 29.3 Å². The minimum Gasteiger partial charge on any atom is -0.490 e. The summed E-state index contributed by atoms with van der Waals surface area (Å²) in [6.45, 7) is 6.10. The molecule has 1 aromatic carbocycles. The Morgan fingerprint density at radius 1 is 1.12 bits per heavy atom. The number of methoxy groups -OCH3 is 2. The Morgan fingerprint density at radius 2 is 1.84 bits per heavy atom. The number of ether oxygens (including phenoxy) is 3. The number of amides is 1. The van der Waals surface area contributed by atoms with E-state index < -0.39 is 0 Å². The van der Waals surface area contributed by atoms with E-state index in [4.69, 9.17) is 14.2 Å². The van der Waals surface area contributed by atoms with Crippen LogP contribution in [0.2, 0.25) is 0 Å². The largest absolute Gasteiger partial charge is 0.490 e. The van der Waals surface area contributed by atoms with Gasteiger partial charge in [-0.25, -0.2) is 0 Å². The van der Waals surface area contributed by atoms with Gasteiger partial charge in [0.2, 0.25) is 0 Å². The number of aromatic nitrogens is 1. The van der Waals surface area contributed by atoms with Gasteiger partial charge in [0, 0.05) is 31.3 Å². The van der Waals surface area contributed by atoms with Crippen molar-refractivity contribution >= 4 is 17.2 Å². The van der Waals surface area contributed by atoms with Crippen molar-refractivity contribution < 1.29 is 19.0 Å². The molecule has 0 saturated carbocycles. The fraction of sp³-hybridized carbons (Fsp3) is 0.444. The monoisotopic (exact) mass is 364 g/mol. The van der Waals surface area contributed by atoms with Crippen LogP contribution < -0.4 is 9.54 Å². The molecule has 1 aromatic heterocycles. The Kier molecular flexibility index (Phi) is 7.36. The highest BCUT2D eigenvalue weighted by atomic mass is 32.1. The second-order valence-corrected chi connectivity index (χ2v) is 6.61. The second kappa shape index (κ2) is 9.50. The van der Waals surface area contributed by atoms with E-state index in [-0.39, 0.29) is 5.91 Å². The van der Waals surface area contributed by atoms with Crippen LogP contribution in [0.3, 0.4) is 0 Å². The highest BCUT2D eigenvalue weighted by Crippen LogP contribution is 2.19. The number of thiazole rings is 1. The van der Waals surface area contributed by atoms with Gasteiger partial charge in [0.1, 0.15) is 12.4 Å². The Hall–Kier alpha value is -1.96. The molecule has 2 aromatic rings. The van der Waals surface area contributed by atoms with Gasteiger partial charge in [-0.1, -0.05) is 12.1 Å². The van der Waals surface area contributed by atoms with Crippen LogP contribution in [0, 0.1) is 13.8 Å². The first-order chi connectivity index (χ1) is 12.1. The maximum atomic E-state index is 12.7. The molecule has 0 spiro atoms. The molecule has 0 aliphatic heterocycles. The van der Waals surface area contributed by atoms with Crippen molar-refractivity contribution in [2.75, 3.05) is 34.0 Å². The van der Waals surface area contributed by atoms with Crippen molar-refractivity contribution in [1.82, 2.24) is 4.57 Å². The topological polar surface area (TPSA) is 62.0 Å². The number of hydrogen-bond acceptors (Lipinski definition) is 5. The summed E-state index contributed by atoms with van der Waals surface area (Å²) in [5.74, 6) is 0.196. The summed E-state index contributed by atoms with van der Waals surface area (Å²) in [6.07, 6.45) is 0. The normalized spacial score (nSPS) is 11.8. The summed E-state index contributed by atoms with van der Waals surface area (Å²) in [4.78, 5) is 18.8. The van der Waals surface area contributed by atoms with Gasteiger partial charge in [-0.2, -0.15) is 4.99 Å². The highest BCUT2D eigenvalue weighted by molar-refractivity contribution is 7.09. The molecule has 1 heterocycles. The summed E-state index contributed by atoms with van der Waals surface area (Å²) < 4.78 is 17.8. The lowest BCUT2D eigenvalue weighted by atomic mass is 10.2. The van der Waals surface area contributed by atoms with Crippen LogP contribution in [0.25, 0.3) is 0 Å². The Bertz CT molecular complexity index is 780. The number of aryl methyl sites for hydroxylation is 1. The molecule has 0 N–H and O–H groups in total. The molecular formula is C18H24N2O4S. The van der Waals surface area contributed by atoms with Crippen molar-refractivity contribution in [2.24, 2.45) is 4.99 Å². The van der Waals surface area contributed by atoms with Gasteiger partial charge >= 0.3 is 0 Å². The number of para-hydroxylation sites is 1. The minimum absolute atomic E-state index is 0.319. The van der Waals surface area contributed by atoms with Crippen LogP contribution in [-0.2, 0) is 16.0 Å². The number of carbonyl (C=O) groups is 1. The van der Waals surface area contributed by atoms with Crippen molar-refractivity contribution in [3.8, 4) is 5.75 Å². The Balaban J connectivity index is 2.33. The highest BCUT2D eigenvalue weighted by Gasteiger charge is 2.13. The molecule has 0 aliphatic rings. The molecule has 136 valence electrons. The van der Waals surface area contributed by atoms with E-state index in [9.17, 15) is 4.79 Å². The van der Waals surface area contributed by atoms with Crippen LogP contribution in [0.1, 0.15) is 20.9 Å². The summed E-state index contributed by atoms with van der Waals surface area (Å²) in [5.41, 5.74) is 1.54. The fourth-order valence-electron chi connectivity index (χ4n) is 2.28. The van der Waals surface area contributed by atoms with E-state index in [0.29, 0.717) is 42.5 Å². The number of carbonyl (C=O) groups excluding carboxylic acids is 1. The molecule has 0 aliphatic carbocycles. The van der Waals surface area contributed by atoms with Gasteiger partial charge in [-0.15, -0.1) is 11.3 Å². The summed E-state index contributed by atoms with van der Waals surface area (Å²) in [6, 6.07) is 7.12. The van der Waals surface area contributed by atoms with Crippen LogP contribution >= 0.6 is 11.3 Å². The summed E-state index contributed by atoms with van der Waals surface area (Å²) >= 11 is 1.50. The Morgan fingerprint density at radius 3 is 2.56 bits per heavy atom. The third-order valence-electron chi connectivity index (χ3n) is 3.77. The van der Waals surface area contributed by atoms with Gasteiger partial charge in [0.25, 0.3) is 5.91 Å². The van der Waals surface area contributed by atoms with Crippen molar-refractivity contribution in [1.29, 1.82) is 0 Å². The third kappa shape index (κ3) is 5.01. The SMILES string of the molecule is COCCOc1ccccc1C(=O)/N=c1\sc(C)c(C)n1CCOC. The van der Waals surface area contributed by atoms with Crippen LogP contribution in [-0.4, -0.2) is 44.5 Å². The van der Waals surface area contributed by atoms with Gasteiger partial charge in [0.05, 0.1) is 18.8 Å². The number of rotatable bonds is 8. The third-order valence-corrected chi connectivity index (χ3v) is 4.86. The number of benzene rings is 1. The molecule has 0 saturated heterocycles. The number of hydrogen-bond donors (Lipinski definition) is 0. The molecule has 7 heteroatoms. The Labute approximate surface area is 151 Å². The van der Waals surface area contributed by atoms with Gasteiger partial charge < -0.3 is 18.8 Å². The predicted molar refractivity (Wildman–Crippen MR) is 97.4 cm³/mol. The zero-order valence-electron chi connectivity index (χ0n) is 15.1. The summed E-state index contributed by atoms with van der Waals surface area (Å²) in [7, 11) is 3.26. The standard InChI is InChI=1S/C18H24N2O4S/c1-13-14(2)25-18(20(13)9-10-22-3)19-17(21)15-7-5-6-8-16(15)24-12-11-23-4/h5-8H,9-12H2,1-4H3/b19-18-. The lowest BCUT2D eigenvalue weighted by molar-refractivity contribution is 0.0989. The predicted octanol–water partition coefficient (Wildman–Crippen LogP) is 2.58. The van der Waals surface area contributed by atoms with E-state index in [0.717, 1.165) is 10.6 Å². The lowest BCUT2D eigenvalue weighted by Gasteiger charge is -2.09. The molecule has 0 atom stereocenters. The van der Waals surface area contributed by atoms with Crippen LogP contribution in [0.5, 0.6) is 5.75 Å². The average Bonchev–Trinajstić information content (AvgIpc) is 2.87. The fourth-order valence-corrected chi connectivity index (χ4v) is 3.28. The molecular weight excluding hydrogens is 340 g/mol. The van der Waals surface area contributed by atoms with Crippen molar-refractivity contribution in [3.05, 3.63) is 45.2 Å².